The van der Waals surface area contributed by atoms with E-state index in [1.807, 2.05) is 0 Å². The first-order valence-corrected chi connectivity index (χ1v) is 6.14. The number of amides is 4. The number of hydrogen-bond acceptors (Lipinski definition) is 4. The normalized spacial score (nSPS) is 17.4. The Morgan fingerprint density at radius 1 is 0.632 bits per heavy atom. The first-order valence-electron chi connectivity index (χ1n) is 6.14. The third kappa shape index (κ3) is 7.74. The molecule has 2 aliphatic heterocycles. The second-order valence-electron chi connectivity index (χ2n) is 3.73. The number of hydrogen-bond donors (Lipinski definition) is 4. The second kappa shape index (κ2) is 9.86. The van der Waals surface area contributed by atoms with Gasteiger partial charge in [0, 0.05) is 26.2 Å². The minimum absolute atomic E-state index is 0.531. The Bertz CT molecular complexity index is 280. The smallest absolute Gasteiger partial charge is 0.309 e. The van der Waals surface area contributed by atoms with Crippen LogP contribution in [0.3, 0.4) is 0 Å². The lowest BCUT2D eigenvalue weighted by molar-refractivity contribution is -0.140. The lowest BCUT2D eigenvalue weighted by atomic mass is 10.4. The molecule has 4 N–H and O–H groups in total. The van der Waals surface area contributed by atoms with Gasteiger partial charge in [0.05, 0.1) is 0 Å². The maximum atomic E-state index is 10.3. The van der Waals surface area contributed by atoms with E-state index in [0.717, 1.165) is 0 Å². The van der Waals surface area contributed by atoms with Crippen molar-refractivity contribution in [3.05, 3.63) is 0 Å². The lowest BCUT2D eigenvalue weighted by Crippen LogP contribution is -2.49. The summed E-state index contributed by atoms with van der Waals surface area (Å²) in [5.74, 6) is -2.12. The molecule has 2 fully saturated rings. The Balaban J connectivity index is 0.000000284. The molecule has 0 atom stereocenters. The molecule has 8 heteroatoms. The van der Waals surface area contributed by atoms with Gasteiger partial charge in [-0.05, 0) is 0 Å². The molecular formula is C11H20N4O4. The molecule has 2 rings (SSSR count). The molecule has 0 aromatic carbocycles. The first-order chi connectivity index (χ1) is 9.02. The van der Waals surface area contributed by atoms with Crippen molar-refractivity contribution in [2.45, 2.75) is 20.3 Å². The summed E-state index contributed by atoms with van der Waals surface area (Å²) >= 11 is 0. The SMILES string of the molecule is CCC.O=C1NCCNC1=O.O=C1NCCNC1=O. The molecule has 0 spiro atoms. The highest BCUT2D eigenvalue weighted by molar-refractivity contribution is 6.35. The van der Waals surface area contributed by atoms with Crippen LogP contribution in [-0.4, -0.2) is 49.8 Å². The first kappa shape index (κ1) is 16.9. The standard InChI is InChI=1S/2C4H6N2O2.C3H8/c2*7-3-4(8)6-2-1-5-3;1-3-2/h2*1-2H2,(H,5,7)(H,6,8);3H2,1-2H3. The highest BCUT2D eigenvalue weighted by Crippen LogP contribution is 1.74. The van der Waals surface area contributed by atoms with Gasteiger partial charge in [0.15, 0.2) is 0 Å². The van der Waals surface area contributed by atoms with Gasteiger partial charge in [-0.1, -0.05) is 20.3 Å². The fourth-order valence-corrected chi connectivity index (χ4v) is 1.03. The molecular weight excluding hydrogens is 252 g/mol. The van der Waals surface area contributed by atoms with Crippen LogP contribution in [0.2, 0.25) is 0 Å². The summed E-state index contributed by atoms with van der Waals surface area (Å²) < 4.78 is 0. The highest BCUT2D eigenvalue weighted by Gasteiger charge is 2.16. The Kier molecular flexibility index (Phi) is 8.76. The molecule has 19 heavy (non-hydrogen) atoms. The van der Waals surface area contributed by atoms with Gasteiger partial charge in [-0.25, -0.2) is 0 Å². The molecule has 0 bridgehead atoms. The van der Waals surface area contributed by atoms with Crippen molar-refractivity contribution < 1.29 is 19.2 Å². The van der Waals surface area contributed by atoms with E-state index >= 15 is 0 Å². The summed E-state index contributed by atoms with van der Waals surface area (Å²) in [5.41, 5.74) is 0. The summed E-state index contributed by atoms with van der Waals surface area (Å²) in [4.78, 5) is 41.1. The van der Waals surface area contributed by atoms with Crippen LogP contribution >= 0.6 is 0 Å². The van der Waals surface area contributed by atoms with Crippen LogP contribution in [-0.2, 0) is 19.2 Å². The molecule has 0 aromatic rings. The van der Waals surface area contributed by atoms with E-state index in [1.54, 1.807) is 0 Å². The molecule has 2 heterocycles. The van der Waals surface area contributed by atoms with Gasteiger partial charge in [0.1, 0.15) is 0 Å². The zero-order valence-electron chi connectivity index (χ0n) is 11.2. The van der Waals surface area contributed by atoms with Crippen LogP contribution in [0.1, 0.15) is 20.3 Å². The Morgan fingerprint density at radius 2 is 0.789 bits per heavy atom. The fraction of sp³-hybridized carbons (Fsp3) is 0.636. The van der Waals surface area contributed by atoms with Crippen LogP contribution < -0.4 is 21.3 Å². The predicted molar refractivity (Wildman–Crippen MR) is 68.0 cm³/mol. The number of nitrogens with one attached hydrogen (secondary N) is 4. The molecule has 108 valence electrons. The van der Waals surface area contributed by atoms with E-state index < -0.39 is 23.6 Å². The van der Waals surface area contributed by atoms with Crippen molar-refractivity contribution in [2.24, 2.45) is 0 Å². The van der Waals surface area contributed by atoms with Crippen LogP contribution in [0.25, 0.3) is 0 Å². The van der Waals surface area contributed by atoms with Crippen LogP contribution in [0.5, 0.6) is 0 Å². The predicted octanol–water partition coefficient (Wildman–Crippen LogP) is -2.12. The Labute approximate surface area is 111 Å². The fourth-order valence-electron chi connectivity index (χ4n) is 1.03. The number of piperazine rings is 2. The van der Waals surface area contributed by atoms with Crippen molar-refractivity contribution in [1.82, 2.24) is 21.3 Å². The maximum absolute atomic E-state index is 10.3. The van der Waals surface area contributed by atoms with Gasteiger partial charge in [-0.2, -0.15) is 0 Å². The zero-order chi connectivity index (χ0) is 14.7. The quantitative estimate of drug-likeness (QED) is 0.377. The molecule has 0 unspecified atom stereocenters. The van der Waals surface area contributed by atoms with Gasteiger partial charge < -0.3 is 21.3 Å². The molecule has 8 nitrogen and oxygen atoms in total. The molecule has 0 saturated carbocycles. The maximum Gasteiger partial charge on any atom is 0.309 e. The largest absolute Gasteiger partial charge is 0.346 e. The van der Waals surface area contributed by atoms with Crippen LogP contribution in [0.4, 0.5) is 0 Å². The number of rotatable bonds is 0. The van der Waals surface area contributed by atoms with Gasteiger partial charge >= 0.3 is 23.6 Å². The molecule has 2 aliphatic rings. The van der Waals surface area contributed by atoms with Crippen molar-refractivity contribution in [1.29, 1.82) is 0 Å². The molecule has 0 radical (unpaired) electrons. The van der Waals surface area contributed by atoms with Crippen molar-refractivity contribution in [2.75, 3.05) is 26.2 Å². The summed E-state index contributed by atoms with van der Waals surface area (Å²) in [5, 5.41) is 9.52. The number of carbonyl (C=O) groups excluding carboxylic acids is 4. The summed E-state index contributed by atoms with van der Waals surface area (Å²) in [6.45, 7) is 6.43. The lowest BCUT2D eigenvalue weighted by Gasteiger charge is -2.10. The summed E-state index contributed by atoms with van der Waals surface area (Å²) in [6.07, 6.45) is 1.25. The van der Waals surface area contributed by atoms with Gasteiger partial charge in [-0.3, -0.25) is 19.2 Å². The molecule has 4 amide bonds. The molecule has 0 aliphatic carbocycles. The topological polar surface area (TPSA) is 116 Å². The molecule has 2 saturated heterocycles. The minimum atomic E-state index is -0.531. The van der Waals surface area contributed by atoms with Crippen LogP contribution in [0.15, 0.2) is 0 Å². The highest BCUT2D eigenvalue weighted by atomic mass is 16.2. The average Bonchev–Trinajstić information content (AvgIpc) is 2.38. The van der Waals surface area contributed by atoms with E-state index in [9.17, 15) is 19.2 Å². The monoisotopic (exact) mass is 272 g/mol. The third-order valence-corrected chi connectivity index (χ3v) is 1.80. The minimum Gasteiger partial charge on any atom is -0.346 e. The van der Waals surface area contributed by atoms with Gasteiger partial charge in [0.25, 0.3) is 0 Å². The van der Waals surface area contributed by atoms with Gasteiger partial charge in [0.2, 0.25) is 0 Å². The zero-order valence-corrected chi connectivity index (χ0v) is 11.2. The summed E-state index contributed by atoms with van der Waals surface area (Å²) in [7, 11) is 0. The number of carbonyl (C=O) groups is 4. The van der Waals surface area contributed by atoms with E-state index in [4.69, 9.17) is 0 Å². The molecule has 0 aromatic heterocycles. The second-order valence-corrected chi connectivity index (χ2v) is 3.73. The summed E-state index contributed by atoms with van der Waals surface area (Å²) in [6, 6.07) is 0. The van der Waals surface area contributed by atoms with E-state index in [1.165, 1.54) is 6.42 Å². The van der Waals surface area contributed by atoms with E-state index in [2.05, 4.69) is 35.1 Å². The average molecular weight is 272 g/mol. The Hall–Kier alpha value is -2.12. The van der Waals surface area contributed by atoms with Crippen molar-refractivity contribution >= 4 is 23.6 Å². The third-order valence-electron chi connectivity index (χ3n) is 1.80. The van der Waals surface area contributed by atoms with Gasteiger partial charge in [-0.15, -0.1) is 0 Å². The van der Waals surface area contributed by atoms with E-state index in [-0.39, 0.29) is 0 Å². The Morgan fingerprint density at radius 3 is 0.895 bits per heavy atom. The van der Waals surface area contributed by atoms with E-state index in [0.29, 0.717) is 26.2 Å². The van der Waals surface area contributed by atoms with Crippen LogP contribution in [0, 0.1) is 0 Å². The van der Waals surface area contributed by atoms with Crippen molar-refractivity contribution in [3.63, 3.8) is 0 Å². The van der Waals surface area contributed by atoms with Crippen molar-refractivity contribution in [3.8, 4) is 0 Å².